The van der Waals surface area contributed by atoms with Crippen LogP contribution in [0.1, 0.15) is 6.42 Å². The lowest BCUT2D eigenvalue weighted by Gasteiger charge is -2.08. The van der Waals surface area contributed by atoms with Crippen molar-refractivity contribution < 1.29 is 18.3 Å². The van der Waals surface area contributed by atoms with E-state index in [1.54, 1.807) is 0 Å². The van der Waals surface area contributed by atoms with E-state index in [0.29, 0.717) is 4.47 Å². The largest absolute Gasteiger partial charge is 0.481 e. The monoisotopic (exact) mass is 342 g/mol. The van der Waals surface area contributed by atoms with Gasteiger partial charge < -0.3 is 5.11 Å². The number of carbonyl (C=O) groups is 1. The number of pyridine rings is 1. The Kier molecular flexibility index (Phi) is 4.72. The number of halogens is 2. The molecule has 0 spiro atoms. The van der Waals surface area contributed by atoms with Crippen LogP contribution in [0, 0.1) is 0 Å². The second-order valence-corrected chi connectivity index (χ2v) is 6.17. The number of hydrogen-bond acceptors (Lipinski definition) is 4. The number of carboxylic acid groups (broad SMARTS) is 1. The number of sulfonamides is 1. The summed E-state index contributed by atoms with van der Waals surface area (Å²) in [5.41, 5.74) is 0.103. The molecule has 0 aliphatic heterocycles. The van der Waals surface area contributed by atoms with E-state index in [1.165, 1.54) is 12.3 Å². The van der Waals surface area contributed by atoms with Crippen molar-refractivity contribution in [1.29, 1.82) is 0 Å². The van der Waals surface area contributed by atoms with Gasteiger partial charge in [0.15, 0.2) is 5.15 Å². The first kappa shape index (κ1) is 14.2. The number of nitrogens with one attached hydrogen (secondary N) is 1. The average Bonchev–Trinajstić information content (AvgIpc) is 2.20. The third-order valence-electron chi connectivity index (χ3n) is 1.66. The second kappa shape index (κ2) is 5.65. The van der Waals surface area contributed by atoms with Crippen molar-refractivity contribution in [2.24, 2.45) is 0 Å². The molecule has 1 heterocycles. The molecular weight excluding hydrogens is 336 g/mol. The maximum Gasteiger partial charge on any atom is 0.304 e. The van der Waals surface area contributed by atoms with E-state index < -0.39 is 28.2 Å². The van der Waals surface area contributed by atoms with Gasteiger partial charge in [0, 0.05) is 10.7 Å². The van der Waals surface area contributed by atoms with Crippen LogP contribution in [-0.2, 0) is 14.8 Å². The molecule has 0 saturated carbocycles. The summed E-state index contributed by atoms with van der Waals surface area (Å²) < 4.78 is 25.7. The fourth-order valence-electron chi connectivity index (χ4n) is 0.934. The molecule has 0 fully saturated rings. The standard InChI is InChI=1S/C8H8BrClN2O4S/c9-5-3-6(8(10)11-4-5)12-17(15,16)2-1-7(13)14/h3-4,12H,1-2H2,(H,13,14). The lowest BCUT2D eigenvalue weighted by Crippen LogP contribution is -2.19. The fraction of sp³-hybridized carbons (Fsp3) is 0.250. The summed E-state index contributed by atoms with van der Waals surface area (Å²) in [4.78, 5) is 14.0. The Bertz CT molecular complexity index is 534. The summed E-state index contributed by atoms with van der Waals surface area (Å²) >= 11 is 8.81. The molecule has 6 nitrogen and oxygen atoms in total. The number of nitrogens with zero attached hydrogens (tertiary/aromatic N) is 1. The van der Waals surface area contributed by atoms with E-state index in [0.717, 1.165) is 0 Å². The molecule has 9 heteroatoms. The zero-order chi connectivity index (χ0) is 13.1. The Morgan fingerprint density at radius 2 is 2.24 bits per heavy atom. The Balaban J connectivity index is 2.83. The summed E-state index contributed by atoms with van der Waals surface area (Å²) in [7, 11) is -3.75. The van der Waals surface area contributed by atoms with Gasteiger partial charge in [0.2, 0.25) is 10.0 Å². The Morgan fingerprint density at radius 1 is 1.59 bits per heavy atom. The van der Waals surface area contributed by atoms with Crippen LogP contribution < -0.4 is 4.72 Å². The molecule has 0 amide bonds. The van der Waals surface area contributed by atoms with E-state index >= 15 is 0 Å². The molecule has 0 aromatic carbocycles. The molecule has 17 heavy (non-hydrogen) atoms. The van der Waals surface area contributed by atoms with Gasteiger partial charge in [0.05, 0.1) is 17.9 Å². The number of aromatic nitrogens is 1. The zero-order valence-corrected chi connectivity index (χ0v) is 11.5. The molecule has 0 radical (unpaired) electrons. The van der Waals surface area contributed by atoms with Crippen LogP contribution >= 0.6 is 27.5 Å². The van der Waals surface area contributed by atoms with E-state index in [1.807, 2.05) is 0 Å². The topological polar surface area (TPSA) is 96.4 Å². The van der Waals surface area contributed by atoms with Gasteiger partial charge in [-0.25, -0.2) is 13.4 Å². The minimum Gasteiger partial charge on any atom is -0.481 e. The highest BCUT2D eigenvalue weighted by atomic mass is 79.9. The average molecular weight is 344 g/mol. The molecule has 2 N–H and O–H groups in total. The fourth-order valence-corrected chi connectivity index (χ4v) is 2.51. The minimum absolute atomic E-state index is 0.00731. The van der Waals surface area contributed by atoms with Crippen LogP contribution in [0.15, 0.2) is 16.7 Å². The highest BCUT2D eigenvalue weighted by molar-refractivity contribution is 9.10. The lowest BCUT2D eigenvalue weighted by molar-refractivity contribution is -0.136. The molecule has 0 aliphatic carbocycles. The van der Waals surface area contributed by atoms with Crippen molar-refractivity contribution in [2.75, 3.05) is 10.5 Å². The predicted molar refractivity (Wildman–Crippen MR) is 66.6 cm³/mol. The van der Waals surface area contributed by atoms with Gasteiger partial charge in [-0.05, 0) is 22.0 Å². The van der Waals surface area contributed by atoms with Crippen molar-refractivity contribution in [2.45, 2.75) is 6.42 Å². The van der Waals surface area contributed by atoms with Gasteiger partial charge in [-0.15, -0.1) is 0 Å². The molecule has 0 unspecified atom stereocenters. The van der Waals surface area contributed by atoms with E-state index in [-0.39, 0.29) is 10.8 Å². The molecule has 1 aromatic heterocycles. The third-order valence-corrected chi connectivity index (χ3v) is 3.66. The van der Waals surface area contributed by atoms with Crippen LogP contribution in [0.3, 0.4) is 0 Å². The lowest BCUT2D eigenvalue weighted by atomic mass is 10.4. The Labute approximate surface area is 111 Å². The molecule has 0 saturated heterocycles. The smallest absolute Gasteiger partial charge is 0.304 e. The molecule has 1 rings (SSSR count). The molecular formula is C8H8BrClN2O4S. The summed E-state index contributed by atoms with van der Waals surface area (Å²) in [6.45, 7) is 0. The highest BCUT2D eigenvalue weighted by Gasteiger charge is 2.15. The van der Waals surface area contributed by atoms with Gasteiger partial charge in [-0.3, -0.25) is 9.52 Å². The summed E-state index contributed by atoms with van der Waals surface area (Å²) in [5, 5.41) is 8.40. The zero-order valence-electron chi connectivity index (χ0n) is 8.35. The van der Waals surface area contributed by atoms with Gasteiger partial charge in [0.1, 0.15) is 0 Å². The number of aliphatic carboxylic acids is 1. The van der Waals surface area contributed by atoms with E-state index in [2.05, 4.69) is 25.6 Å². The number of hydrogen-bond donors (Lipinski definition) is 2. The molecule has 0 aliphatic rings. The Hall–Kier alpha value is -0.860. The number of carboxylic acids is 1. The normalized spacial score (nSPS) is 11.2. The summed E-state index contributed by atoms with van der Waals surface area (Å²) in [6, 6.07) is 1.44. The SMILES string of the molecule is O=C(O)CCS(=O)(=O)Nc1cc(Br)cnc1Cl. The molecule has 0 bridgehead atoms. The van der Waals surface area contributed by atoms with Gasteiger partial charge in [-0.2, -0.15) is 0 Å². The van der Waals surface area contributed by atoms with E-state index in [4.69, 9.17) is 16.7 Å². The summed E-state index contributed by atoms with van der Waals surface area (Å²) in [5.74, 6) is -1.71. The predicted octanol–water partition coefficient (Wildman–Crippen LogP) is 1.71. The maximum atomic E-state index is 11.5. The number of anilines is 1. The molecule has 1 aromatic rings. The van der Waals surface area contributed by atoms with Crippen LogP contribution in [0.25, 0.3) is 0 Å². The third kappa shape index (κ3) is 4.88. The maximum absolute atomic E-state index is 11.5. The van der Waals surface area contributed by atoms with Crippen molar-refractivity contribution in [3.05, 3.63) is 21.9 Å². The minimum atomic E-state index is -3.75. The molecule has 0 atom stereocenters. The van der Waals surface area contributed by atoms with Gasteiger partial charge in [0.25, 0.3) is 0 Å². The quantitative estimate of drug-likeness (QED) is 0.793. The number of rotatable bonds is 5. The van der Waals surface area contributed by atoms with E-state index in [9.17, 15) is 13.2 Å². The first-order valence-corrected chi connectivity index (χ1v) is 7.16. The van der Waals surface area contributed by atoms with Crippen molar-refractivity contribution in [3.63, 3.8) is 0 Å². The molecule has 94 valence electrons. The second-order valence-electron chi connectivity index (χ2n) is 3.06. The first-order valence-electron chi connectivity index (χ1n) is 4.33. The van der Waals surface area contributed by atoms with Gasteiger partial charge in [-0.1, -0.05) is 11.6 Å². The van der Waals surface area contributed by atoms with Crippen LogP contribution in [0.5, 0.6) is 0 Å². The van der Waals surface area contributed by atoms with Crippen molar-refractivity contribution in [1.82, 2.24) is 4.98 Å². The van der Waals surface area contributed by atoms with Crippen LogP contribution in [0.4, 0.5) is 5.69 Å². The van der Waals surface area contributed by atoms with Gasteiger partial charge >= 0.3 is 5.97 Å². The summed E-state index contributed by atoms with van der Waals surface area (Å²) in [6.07, 6.45) is 0.936. The Morgan fingerprint density at radius 3 is 2.82 bits per heavy atom. The first-order chi connectivity index (χ1) is 7.80. The van der Waals surface area contributed by atoms with Crippen LogP contribution in [-0.4, -0.2) is 30.2 Å². The van der Waals surface area contributed by atoms with Crippen molar-refractivity contribution >= 4 is 49.2 Å². The van der Waals surface area contributed by atoms with Crippen LogP contribution in [0.2, 0.25) is 5.15 Å². The van der Waals surface area contributed by atoms with Crippen molar-refractivity contribution in [3.8, 4) is 0 Å². The highest BCUT2D eigenvalue weighted by Crippen LogP contribution is 2.23.